The first-order valence-electron chi connectivity index (χ1n) is 10.8. The number of sulfonamides is 1. The zero-order valence-electron chi connectivity index (χ0n) is 19.0. The number of hydrogen-bond donors (Lipinski definition) is 1. The number of benzene rings is 2. The minimum absolute atomic E-state index is 0.204. The zero-order chi connectivity index (χ0) is 24.5. The maximum atomic E-state index is 12.1. The Kier molecular flexibility index (Phi) is 6.81. The number of piperidine rings is 1. The van der Waals surface area contributed by atoms with Gasteiger partial charge in [-0.2, -0.15) is 4.98 Å². The summed E-state index contributed by atoms with van der Waals surface area (Å²) in [4.78, 5) is 18.4. The molecule has 0 aliphatic carbocycles. The Morgan fingerprint density at radius 3 is 2.65 bits per heavy atom. The molecule has 0 amide bonds. The van der Waals surface area contributed by atoms with Crippen molar-refractivity contribution in [3.63, 3.8) is 0 Å². The standard InChI is InChI=1S/C23H25ClN4O5S/c1-14-6-4-5-11-28(14)20-10-8-16(13-19(20)27-34(3,30)31)22-25-21(26-33-22)15-7-9-17(18(24)12-15)23(29)32-2/h7-10,12-14,27H,4-6,11H2,1-3H3. The Morgan fingerprint density at radius 1 is 1.21 bits per heavy atom. The van der Waals surface area contributed by atoms with Crippen molar-refractivity contribution in [2.24, 2.45) is 0 Å². The fraction of sp³-hybridized carbons (Fsp3) is 0.348. The highest BCUT2D eigenvalue weighted by atomic mass is 35.5. The minimum atomic E-state index is -3.51. The smallest absolute Gasteiger partial charge is 0.339 e. The molecule has 1 aromatic heterocycles. The van der Waals surface area contributed by atoms with Crippen LogP contribution in [0.3, 0.4) is 0 Å². The van der Waals surface area contributed by atoms with E-state index in [1.165, 1.54) is 13.2 Å². The summed E-state index contributed by atoms with van der Waals surface area (Å²) in [6.07, 6.45) is 4.37. The molecule has 2 aromatic carbocycles. The Morgan fingerprint density at radius 2 is 1.97 bits per heavy atom. The van der Waals surface area contributed by atoms with E-state index >= 15 is 0 Å². The van der Waals surface area contributed by atoms with Crippen LogP contribution in [0, 0.1) is 0 Å². The lowest BCUT2D eigenvalue weighted by molar-refractivity contribution is 0.0601. The predicted molar refractivity (Wildman–Crippen MR) is 131 cm³/mol. The molecule has 1 fully saturated rings. The predicted octanol–water partition coefficient (Wildman–Crippen LogP) is 4.59. The summed E-state index contributed by atoms with van der Waals surface area (Å²) >= 11 is 6.21. The van der Waals surface area contributed by atoms with Crippen LogP contribution in [0.4, 0.5) is 11.4 Å². The van der Waals surface area contributed by atoms with Crippen LogP contribution in [0.25, 0.3) is 22.8 Å². The van der Waals surface area contributed by atoms with Gasteiger partial charge in [-0.05, 0) is 56.5 Å². The van der Waals surface area contributed by atoms with Gasteiger partial charge in [0.15, 0.2) is 0 Å². The lowest BCUT2D eigenvalue weighted by Crippen LogP contribution is -2.38. The first-order valence-corrected chi connectivity index (χ1v) is 13.0. The number of nitrogens with one attached hydrogen (secondary N) is 1. The van der Waals surface area contributed by atoms with Gasteiger partial charge >= 0.3 is 5.97 Å². The third-order valence-electron chi connectivity index (χ3n) is 5.71. The number of nitrogens with zero attached hydrogens (tertiary/aromatic N) is 3. The van der Waals surface area contributed by atoms with Crippen LogP contribution in [0.15, 0.2) is 40.9 Å². The summed E-state index contributed by atoms with van der Waals surface area (Å²) in [5, 5.41) is 4.22. The number of halogens is 1. The number of hydrogen-bond acceptors (Lipinski definition) is 8. The molecule has 1 unspecified atom stereocenters. The normalized spacial score (nSPS) is 16.4. The molecule has 4 rings (SSSR count). The average Bonchev–Trinajstić information content (AvgIpc) is 3.28. The summed E-state index contributed by atoms with van der Waals surface area (Å²) in [6, 6.07) is 10.4. The third kappa shape index (κ3) is 5.18. The van der Waals surface area contributed by atoms with Crippen molar-refractivity contribution in [1.82, 2.24) is 10.1 Å². The van der Waals surface area contributed by atoms with Crippen LogP contribution in [0.5, 0.6) is 0 Å². The Balaban J connectivity index is 1.68. The fourth-order valence-electron chi connectivity index (χ4n) is 4.04. The summed E-state index contributed by atoms with van der Waals surface area (Å²) in [5.74, 6) is -0.0444. The highest BCUT2D eigenvalue weighted by molar-refractivity contribution is 7.92. The highest BCUT2D eigenvalue weighted by Crippen LogP contribution is 2.36. The van der Waals surface area contributed by atoms with Crippen molar-refractivity contribution in [3.05, 3.63) is 47.0 Å². The number of ether oxygens (including phenoxy) is 1. The van der Waals surface area contributed by atoms with Crippen molar-refractivity contribution >= 4 is 39.0 Å². The van der Waals surface area contributed by atoms with Gasteiger partial charge in [-0.3, -0.25) is 4.72 Å². The molecule has 1 N–H and O–H groups in total. The lowest BCUT2D eigenvalue weighted by Gasteiger charge is -2.36. The van der Waals surface area contributed by atoms with Gasteiger partial charge in [0.25, 0.3) is 5.89 Å². The van der Waals surface area contributed by atoms with E-state index in [1.54, 1.807) is 18.2 Å². The van der Waals surface area contributed by atoms with Gasteiger partial charge in [-0.25, -0.2) is 13.2 Å². The molecule has 1 aliphatic rings. The van der Waals surface area contributed by atoms with E-state index in [0.29, 0.717) is 22.9 Å². The van der Waals surface area contributed by atoms with E-state index in [2.05, 4.69) is 26.7 Å². The second kappa shape index (κ2) is 9.63. The van der Waals surface area contributed by atoms with Crippen LogP contribution < -0.4 is 9.62 Å². The third-order valence-corrected chi connectivity index (χ3v) is 6.61. The van der Waals surface area contributed by atoms with Crippen LogP contribution in [0.1, 0.15) is 36.5 Å². The van der Waals surface area contributed by atoms with Crippen molar-refractivity contribution < 1.29 is 22.5 Å². The first kappa shape index (κ1) is 24.0. The molecule has 0 bridgehead atoms. The number of esters is 1. The molecule has 2 heterocycles. The van der Waals surface area contributed by atoms with Gasteiger partial charge in [0.05, 0.1) is 35.3 Å². The van der Waals surface area contributed by atoms with E-state index in [9.17, 15) is 13.2 Å². The zero-order valence-corrected chi connectivity index (χ0v) is 20.6. The number of anilines is 2. The molecular weight excluding hydrogens is 480 g/mol. The number of carbonyl (C=O) groups is 1. The SMILES string of the molecule is COC(=O)c1ccc(-c2noc(-c3ccc(N4CCCCC4C)c(NS(C)(=O)=O)c3)n2)cc1Cl. The molecule has 0 radical (unpaired) electrons. The number of rotatable bonds is 6. The fourth-order valence-corrected chi connectivity index (χ4v) is 4.87. The van der Waals surface area contributed by atoms with Crippen molar-refractivity contribution in [1.29, 1.82) is 0 Å². The molecule has 0 spiro atoms. The van der Waals surface area contributed by atoms with Gasteiger partial charge in [0.1, 0.15) is 0 Å². The van der Waals surface area contributed by atoms with Crippen molar-refractivity contribution in [2.45, 2.75) is 32.2 Å². The summed E-state index contributed by atoms with van der Waals surface area (Å²) in [5.41, 5.74) is 2.62. The van der Waals surface area contributed by atoms with Crippen molar-refractivity contribution in [2.75, 3.05) is 29.5 Å². The van der Waals surface area contributed by atoms with Crippen LogP contribution >= 0.6 is 11.6 Å². The van der Waals surface area contributed by atoms with E-state index < -0.39 is 16.0 Å². The van der Waals surface area contributed by atoms with Gasteiger partial charge < -0.3 is 14.2 Å². The topological polar surface area (TPSA) is 115 Å². The summed E-state index contributed by atoms with van der Waals surface area (Å²) in [6.45, 7) is 2.99. The van der Waals surface area contributed by atoms with E-state index in [0.717, 1.165) is 37.8 Å². The molecule has 1 atom stereocenters. The van der Waals surface area contributed by atoms with Gasteiger partial charge in [-0.15, -0.1) is 0 Å². The number of carbonyl (C=O) groups excluding carboxylic acids is 1. The molecule has 1 saturated heterocycles. The molecule has 9 nitrogen and oxygen atoms in total. The number of methoxy groups -OCH3 is 1. The Hall–Kier alpha value is -3.11. The molecule has 180 valence electrons. The van der Waals surface area contributed by atoms with Gasteiger partial charge in [0.2, 0.25) is 15.8 Å². The van der Waals surface area contributed by atoms with E-state index in [-0.39, 0.29) is 22.3 Å². The van der Waals surface area contributed by atoms with Gasteiger partial charge in [0, 0.05) is 23.7 Å². The Labute approximate surface area is 203 Å². The van der Waals surface area contributed by atoms with Crippen LogP contribution in [0.2, 0.25) is 5.02 Å². The molecule has 0 saturated carbocycles. The number of aromatic nitrogens is 2. The van der Waals surface area contributed by atoms with Gasteiger partial charge in [-0.1, -0.05) is 22.8 Å². The van der Waals surface area contributed by atoms with Crippen molar-refractivity contribution in [3.8, 4) is 22.8 Å². The monoisotopic (exact) mass is 504 g/mol. The van der Waals surface area contributed by atoms with Crippen LogP contribution in [-0.2, 0) is 14.8 Å². The van der Waals surface area contributed by atoms with E-state index in [4.69, 9.17) is 20.9 Å². The largest absolute Gasteiger partial charge is 0.465 e. The molecule has 34 heavy (non-hydrogen) atoms. The molecule has 1 aliphatic heterocycles. The maximum absolute atomic E-state index is 12.1. The average molecular weight is 505 g/mol. The lowest BCUT2D eigenvalue weighted by atomic mass is 10.0. The quantitative estimate of drug-likeness (QED) is 0.484. The second-order valence-electron chi connectivity index (χ2n) is 8.25. The highest BCUT2D eigenvalue weighted by Gasteiger charge is 2.23. The van der Waals surface area contributed by atoms with E-state index in [1.807, 2.05) is 12.1 Å². The molecular formula is C23H25ClN4O5S. The second-order valence-corrected chi connectivity index (χ2v) is 10.4. The Bertz CT molecular complexity index is 1320. The maximum Gasteiger partial charge on any atom is 0.339 e. The first-order chi connectivity index (χ1) is 16.2. The molecule has 3 aromatic rings. The molecule has 11 heteroatoms. The summed E-state index contributed by atoms with van der Waals surface area (Å²) < 4.78 is 36.9. The minimum Gasteiger partial charge on any atom is -0.465 e. The summed E-state index contributed by atoms with van der Waals surface area (Å²) in [7, 11) is -2.23. The van der Waals surface area contributed by atoms with Crippen LogP contribution in [-0.4, -0.2) is 50.5 Å².